The van der Waals surface area contributed by atoms with Crippen LogP contribution < -0.4 is 0 Å². The van der Waals surface area contributed by atoms with Crippen LogP contribution in [0.1, 0.15) is 13.3 Å². The van der Waals surface area contributed by atoms with Crippen molar-refractivity contribution in [3.63, 3.8) is 0 Å². The molecule has 0 aromatic rings. The van der Waals surface area contributed by atoms with Crippen LogP contribution in [0.5, 0.6) is 0 Å². The van der Waals surface area contributed by atoms with Gasteiger partial charge in [0.1, 0.15) is 0 Å². The number of ether oxygens (including phenoxy) is 2. The smallest absolute Gasteiger partial charge is 0.320 e. The lowest BCUT2D eigenvalue weighted by molar-refractivity contribution is -0.139. The summed E-state index contributed by atoms with van der Waals surface area (Å²) in [5.74, 6) is -0.930. The van der Waals surface area contributed by atoms with Gasteiger partial charge in [0.2, 0.25) is 0 Å². The van der Waals surface area contributed by atoms with E-state index in [9.17, 15) is 9.59 Å². The molecular formula is C12H22N2O5. The Balaban J connectivity index is 2.68. The number of urea groups is 1. The van der Waals surface area contributed by atoms with Crippen molar-refractivity contribution in [1.29, 1.82) is 0 Å². The average molecular weight is 274 g/mol. The molecule has 0 saturated carbocycles. The normalized spacial score (nSPS) is 21.0. The summed E-state index contributed by atoms with van der Waals surface area (Å²) >= 11 is 0. The number of hydrogen-bond acceptors (Lipinski definition) is 4. The minimum absolute atomic E-state index is 0.0641. The summed E-state index contributed by atoms with van der Waals surface area (Å²) in [5.41, 5.74) is 0. The van der Waals surface area contributed by atoms with Gasteiger partial charge in [-0.1, -0.05) is 0 Å². The fourth-order valence-electron chi connectivity index (χ4n) is 2.02. The summed E-state index contributed by atoms with van der Waals surface area (Å²) in [5, 5.41) is 8.87. The molecule has 1 N–H and O–H groups in total. The van der Waals surface area contributed by atoms with E-state index >= 15 is 0 Å². The van der Waals surface area contributed by atoms with Gasteiger partial charge in [-0.15, -0.1) is 0 Å². The first-order valence-electron chi connectivity index (χ1n) is 6.29. The fourth-order valence-corrected chi connectivity index (χ4v) is 2.02. The summed E-state index contributed by atoms with van der Waals surface area (Å²) in [6, 6.07) is -0.652. The van der Waals surface area contributed by atoms with E-state index in [1.807, 2.05) is 6.92 Å². The van der Waals surface area contributed by atoms with Crippen molar-refractivity contribution in [1.82, 2.24) is 9.80 Å². The molecule has 0 aromatic heterocycles. The number of carbonyl (C=O) groups excluding carboxylic acids is 1. The van der Waals surface area contributed by atoms with Crippen LogP contribution in [-0.4, -0.2) is 79.5 Å². The molecule has 7 heteroatoms. The molecule has 0 bridgehead atoms. The highest BCUT2D eigenvalue weighted by Crippen LogP contribution is 2.14. The summed E-state index contributed by atoms with van der Waals surface area (Å²) in [6.45, 7) is 3.45. The van der Waals surface area contributed by atoms with Gasteiger partial charge in [-0.3, -0.25) is 4.79 Å². The first kappa shape index (κ1) is 15.7. The molecule has 1 heterocycles. The summed E-state index contributed by atoms with van der Waals surface area (Å²) < 4.78 is 10.3. The minimum atomic E-state index is -0.930. The van der Waals surface area contributed by atoms with Crippen LogP contribution in [0.15, 0.2) is 0 Å². The number of amides is 2. The Kier molecular flexibility index (Phi) is 6.04. The van der Waals surface area contributed by atoms with Crippen molar-refractivity contribution >= 4 is 12.0 Å². The maximum atomic E-state index is 12.4. The van der Waals surface area contributed by atoms with Crippen molar-refractivity contribution < 1.29 is 24.2 Å². The predicted octanol–water partition coefficient (Wildman–Crippen LogP) is 0.249. The Hall–Kier alpha value is -1.34. The van der Waals surface area contributed by atoms with Gasteiger partial charge in [-0.25, -0.2) is 4.79 Å². The van der Waals surface area contributed by atoms with E-state index in [-0.39, 0.29) is 25.1 Å². The Morgan fingerprint density at radius 1 is 1.58 bits per heavy atom. The molecule has 2 unspecified atom stereocenters. The molecule has 110 valence electrons. The van der Waals surface area contributed by atoms with E-state index in [4.69, 9.17) is 14.6 Å². The highest BCUT2D eigenvalue weighted by atomic mass is 16.5. The number of carboxylic acid groups (broad SMARTS) is 1. The second kappa shape index (κ2) is 7.30. The third-order valence-corrected chi connectivity index (χ3v) is 3.25. The van der Waals surface area contributed by atoms with Crippen LogP contribution in [0.3, 0.4) is 0 Å². The maximum Gasteiger partial charge on any atom is 0.320 e. The van der Waals surface area contributed by atoms with E-state index in [2.05, 4.69) is 0 Å². The van der Waals surface area contributed by atoms with Crippen molar-refractivity contribution in [2.45, 2.75) is 25.4 Å². The standard InChI is InChI=1S/C12H22N2O5/c1-9(7-18-3)13(2)12(17)14-4-5-19-8-10(14)6-11(15)16/h9-10H,4-8H2,1-3H3,(H,15,16). The van der Waals surface area contributed by atoms with Gasteiger partial charge in [0.25, 0.3) is 0 Å². The Bertz CT molecular complexity index is 323. The van der Waals surface area contributed by atoms with Gasteiger partial charge in [-0.05, 0) is 6.92 Å². The predicted molar refractivity (Wildman–Crippen MR) is 68.1 cm³/mol. The lowest BCUT2D eigenvalue weighted by Gasteiger charge is -2.38. The summed E-state index contributed by atoms with van der Waals surface area (Å²) in [4.78, 5) is 26.3. The van der Waals surface area contributed by atoms with Gasteiger partial charge < -0.3 is 24.4 Å². The van der Waals surface area contributed by atoms with Crippen molar-refractivity contribution in [2.24, 2.45) is 0 Å². The number of rotatable bonds is 5. The van der Waals surface area contributed by atoms with Gasteiger partial charge >= 0.3 is 12.0 Å². The number of morpholine rings is 1. The average Bonchev–Trinajstić information content (AvgIpc) is 2.37. The fraction of sp³-hybridized carbons (Fsp3) is 0.833. The number of hydrogen-bond donors (Lipinski definition) is 1. The molecule has 19 heavy (non-hydrogen) atoms. The molecule has 2 amide bonds. The zero-order valence-electron chi connectivity index (χ0n) is 11.7. The van der Waals surface area contributed by atoms with E-state index in [1.165, 1.54) is 0 Å². The molecule has 1 fully saturated rings. The molecule has 0 spiro atoms. The third-order valence-electron chi connectivity index (χ3n) is 3.25. The van der Waals surface area contributed by atoms with Gasteiger partial charge in [0.15, 0.2) is 0 Å². The number of methoxy groups -OCH3 is 1. The molecular weight excluding hydrogens is 252 g/mol. The molecule has 1 aliphatic rings. The third kappa shape index (κ3) is 4.36. The van der Waals surface area contributed by atoms with E-state index in [0.29, 0.717) is 19.8 Å². The van der Waals surface area contributed by atoms with E-state index in [0.717, 1.165) is 0 Å². The number of likely N-dealkylation sites (N-methyl/N-ethyl adjacent to an activating group) is 1. The zero-order valence-corrected chi connectivity index (χ0v) is 11.7. The van der Waals surface area contributed by atoms with E-state index in [1.54, 1.807) is 24.0 Å². The van der Waals surface area contributed by atoms with Gasteiger partial charge in [0, 0.05) is 20.7 Å². The number of nitrogens with zero attached hydrogens (tertiary/aromatic N) is 2. The van der Waals surface area contributed by atoms with E-state index < -0.39 is 12.0 Å². The van der Waals surface area contributed by atoms with Crippen molar-refractivity contribution in [3.8, 4) is 0 Å². The largest absolute Gasteiger partial charge is 0.481 e. The zero-order chi connectivity index (χ0) is 14.4. The SMILES string of the molecule is COCC(C)N(C)C(=O)N1CCOCC1CC(=O)O. The molecule has 0 aliphatic carbocycles. The number of aliphatic carboxylic acids is 1. The van der Waals surface area contributed by atoms with Crippen LogP contribution in [0, 0.1) is 0 Å². The molecule has 0 aromatic carbocycles. The maximum absolute atomic E-state index is 12.4. The first-order chi connectivity index (χ1) is 8.97. The van der Waals surface area contributed by atoms with Gasteiger partial charge in [0.05, 0.1) is 38.3 Å². The summed E-state index contributed by atoms with van der Waals surface area (Å²) in [6.07, 6.45) is -0.0990. The lowest BCUT2D eigenvalue weighted by atomic mass is 10.1. The van der Waals surface area contributed by atoms with Crippen LogP contribution in [0.2, 0.25) is 0 Å². The second-order valence-corrected chi connectivity index (χ2v) is 4.72. The Morgan fingerprint density at radius 2 is 2.26 bits per heavy atom. The molecule has 0 radical (unpaired) electrons. The van der Waals surface area contributed by atoms with Crippen LogP contribution in [-0.2, 0) is 14.3 Å². The highest BCUT2D eigenvalue weighted by Gasteiger charge is 2.32. The first-order valence-corrected chi connectivity index (χ1v) is 6.29. The van der Waals surface area contributed by atoms with Crippen LogP contribution in [0.25, 0.3) is 0 Å². The quantitative estimate of drug-likeness (QED) is 0.777. The molecule has 7 nitrogen and oxygen atoms in total. The monoisotopic (exact) mass is 274 g/mol. The van der Waals surface area contributed by atoms with Crippen molar-refractivity contribution in [3.05, 3.63) is 0 Å². The van der Waals surface area contributed by atoms with Crippen LogP contribution >= 0.6 is 0 Å². The minimum Gasteiger partial charge on any atom is -0.481 e. The second-order valence-electron chi connectivity index (χ2n) is 4.72. The molecule has 1 aliphatic heterocycles. The molecule has 2 atom stereocenters. The Morgan fingerprint density at radius 3 is 2.84 bits per heavy atom. The Labute approximate surface area is 113 Å². The molecule has 1 saturated heterocycles. The highest BCUT2D eigenvalue weighted by molar-refractivity contribution is 5.76. The van der Waals surface area contributed by atoms with Gasteiger partial charge in [-0.2, -0.15) is 0 Å². The number of carbonyl (C=O) groups is 2. The molecule has 1 rings (SSSR count). The topological polar surface area (TPSA) is 79.3 Å². The number of carboxylic acids is 1. The lowest BCUT2D eigenvalue weighted by Crippen LogP contribution is -2.55. The summed E-state index contributed by atoms with van der Waals surface area (Å²) in [7, 11) is 3.27. The van der Waals surface area contributed by atoms with Crippen molar-refractivity contribution in [2.75, 3.05) is 40.5 Å². The van der Waals surface area contributed by atoms with Crippen LogP contribution in [0.4, 0.5) is 4.79 Å².